The van der Waals surface area contributed by atoms with E-state index >= 15 is 0 Å². The van der Waals surface area contributed by atoms with Gasteiger partial charge in [-0.3, -0.25) is 9.59 Å². The molecule has 3 N–H and O–H groups in total. The molecule has 2 saturated carbocycles. The van der Waals surface area contributed by atoms with Crippen molar-refractivity contribution in [1.29, 1.82) is 0 Å². The minimum Gasteiger partial charge on any atom is -0.394 e. The quantitative estimate of drug-likeness (QED) is 0.614. The highest BCUT2D eigenvalue weighted by Crippen LogP contribution is 2.29. The third-order valence-electron chi connectivity index (χ3n) is 4.58. The zero-order chi connectivity index (χ0) is 15.5. The molecule has 1 heterocycles. The number of carbonyl (C=O) groups is 2. The van der Waals surface area contributed by atoms with E-state index in [1.165, 1.54) is 6.42 Å². The zero-order valence-corrected chi connectivity index (χ0v) is 12.7. The molecule has 2 fully saturated rings. The lowest BCUT2D eigenvalue weighted by atomic mass is 9.93. The third-order valence-corrected chi connectivity index (χ3v) is 4.58. The summed E-state index contributed by atoms with van der Waals surface area (Å²) in [6, 6.07) is 0.00308. The summed E-state index contributed by atoms with van der Waals surface area (Å²) in [6.07, 6.45) is 8.25. The van der Waals surface area contributed by atoms with E-state index < -0.39 is 6.10 Å². The predicted octanol–water partition coefficient (Wildman–Crippen LogP) is 0.256. The summed E-state index contributed by atoms with van der Waals surface area (Å²) < 4.78 is 5.74. The highest BCUT2D eigenvalue weighted by molar-refractivity contribution is 5.81. The monoisotopic (exact) mass is 308 g/mol. The second-order valence-electron chi connectivity index (χ2n) is 6.49. The number of hydrogen-bond acceptors (Lipinski definition) is 4. The molecule has 3 aliphatic rings. The average Bonchev–Trinajstić information content (AvgIpc) is 3.29. The summed E-state index contributed by atoms with van der Waals surface area (Å²) in [5.74, 6) is 0.133. The Morgan fingerprint density at radius 3 is 2.50 bits per heavy atom. The van der Waals surface area contributed by atoms with E-state index in [9.17, 15) is 14.7 Å². The Balaban J connectivity index is 1.49. The Labute approximate surface area is 130 Å². The first-order chi connectivity index (χ1) is 10.7. The Morgan fingerprint density at radius 1 is 1.14 bits per heavy atom. The van der Waals surface area contributed by atoms with Crippen LogP contribution in [-0.4, -0.2) is 47.8 Å². The van der Waals surface area contributed by atoms with Crippen molar-refractivity contribution in [2.75, 3.05) is 6.61 Å². The maximum Gasteiger partial charge on any atom is 0.223 e. The second-order valence-corrected chi connectivity index (χ2v) is 6.49. The van der Waals surface area contributed by atoms with Crippen molar-refractivity contribution in [2.24, 2.45) is 5.92 Å². The van der Waals surface area contributed by atoms with E-state index in [1.54, 1.807) is 0 Å². The number of aliphatic hydroxyl groups excluding tert-OH is 1. The van der Waals surface area contributed by atoms with Gasteiger partial charge in [0.2, 0.25) is 11.8 Å². The van der Waals surface area contributed by atoms with Crippen LogP contribution < -0.4 is 10.6 Å². The van der Waals surface area contributed by atoms with Crippen LogP contribution in [0.5, 0.6) is 0 Å². The van der Waals surface area contributed by atoms with Crippen LogP contribution in [0.2, 0.25) is 0 Å². The number of nitrogens with one attached hydrogen (secondary N) is 2. The minimum atomic E-state index is -0.491. The van der Waals surface area contributed by atoms with Crippen molar-refractivity contribution in [3.63, 3.8) is 0 Å². The van der Waals surface area contributed by atoms with Crippen LogP contribution in [0.15, 0.2) is 12.2 Å². The summed E-state index contributed by atoms with van der Waals surface area (Å²) in [6.45, 7) is -0.180. The third kappa shape index (κ3) is 3.87. The molecule has 0 spiro atoms. The van der Waals surface area contributed by atoms with Crippen LogP contribution >= 0.6 is 0 Å². The van der Waals surface area contributed by atoms with Gasteiger partial charge in [0.05, 0.1) is 25.2 Å². The van der Waals surface area contributed by atoms with Gasteiger partial charge >= 0.3 is 0 Å². The van der Waals surface area contributed by atoms with Crippen molar-refractivity contribution >= 4 is 11.8 Å². The standard InChI is InChI=1S/C16H24N2O4/c19-9-14-13(18-16(21)10-4-5-10)7-6-12(22-14)8-15(20)17-11-2-1-3-11/h6-7,10-14,19H,1-5,8-9H2,(H,17,20)(H,18,21)/t12-,13-,14+/m1/s1. The SMILES string of the molecule is O=C(C[C@H]1C=C[C@@H](NC(=O)C2CC2)[C@H](CO)O1)NC1CCC1. The Morgan fingerprint density at radius 2 is 1.91 bits per heavy atom. The molecule has 6 nitrogen and oxygen atoms in total. The molecule has 0 unspecified atom stereocenters. The van der Waals surface area contributed by atoms with Gasteiger partial charge < -0.3 is 20.5 Å². The molecule has 22 heavy (non-hydrogen) atoms. The van der Waals surface area contributed by atoms with Crippen LogP contribution in [0.25, 0.3) is 0 Å². The second kappa shape index (κ2) is 6.79. The van der Waals surface area contributed by atoms with E-state index in [4.69, 9.17) is 4.74 Å². The lowest BCUT2D eigenvalue weighted by molar-refractivity contribution is -0.129. The lowest BCUT2D eigenvalue weighted by Crippen LogP contribution is -2.49. The van der Waals surface area contributed by atoms with Crippen LogP contribution in [-0.2, 0) is 14.3 Å². The van der Waals surface area contributed by atoms with Crippen molar-refractivity contribution in [2.45, 2.75) is 62.8 Å². The fraction of sp³-hybridized carbons (Fsp3) is 0.750. The predicted molar refractivity (Wildman–Crippen MR) is 79.9 cm³/mol. The molecule has 0 saturated heterocycles. The topological polar surface area (TPSA) is 87.7 Å². The molecular weight excluding hydrogens is 284 g/mol. The number of aliphatic hydroxyl groups is 1. The van der Waals surface area contributed by atoms with Gasteiger partial charge in [-0.05, 0) is 32.1 Å². The van der Waals surface area contributed by atoms with Crippen LogP contribution in [0.4, 0.5) is 0 Å². The molecule has 0 radical (unpaired) electrons. The number of rotatable bonds is 6. The van der Waals surface area contributed by atoms with Crippen LogP contribution in [0, 0.1) is 5.92 Å². The highest BCUT2D eigenvalue weighted by Gasteiger charge is 2.34. The van der Waals surface area contributed by atoms with Crippen molar-refractivity contribution in [3.05, 3.63) is 12.2 Å². The Kier molecular flexibility index (Phi) is 4.78. The van der Waals surface area contributed by atoms with E-state index in [0.29, 0.717) is 6.04 Å². The first-order valence-corrected chi connectivity index (χ1v) is 8.20. The maximum absolute atomic E-state index is 11.9. The van der Waals surface area contributed by atoms with E-state index in [1.807, 2.05) is 12.2 Å². The van der Waals surface area contributed by atoms with Crippen LogP contribution in [0.1, 0.15) is 38.5 Å². The smallest absolute Gasteiger partial charge is 0.223 e. The number of carbonyl (C=O) groups excluding carboxylic acids is 2. The zero-order valence-electron chi connectivity index (χ0n) is 12.7. The molecule has 2 amide bonds. The Hall–Kier alpha value is -1.40. The summed E-state index contributed by atoms with van der Waals surface area (Å²) in [5, 5.41) is 15.3. The van der Waals surface area contributed by atoms with Crippen molar-refractivity contribution in [1.82, 2.24) is 10.6 Å². The van der Waals surface area contributed by atoms with Gasteiger partial charge in [-0.2, -0.15) is 0 Å². The maximum atomic E-state index is 11.9. The number of amides is 2. The Bertz CT molecular complexity index is 457. The number of ether oxygens (including phenoxy) is 1. The van der Waals surface area contributed by atoms with E-state index in [-0.39, 0.29) is 42.9 Å². The van der Waals surface area contributed by atoms with Gasteiger partial charge in [0.1, 0.15) is 6.10 Å². The largest absolute Gasteiger partial charge is 0.394 e. The average molecular weight is 308 g/mol. The summed E-state index contributed by atoms with van der Waals surface area (Å²) in [4.78, 5) is 23.7. The molecule has 3 rings (SSSR count). The fourth-order valence-corrected chi connectivity index (χ4v) is 2.79. The minimum absolute atomic E-state index is 0.0171. The molecule has 0 bridgehead atoms. The van der Waals surface area contributed by atoms with Gasteiger partial charge in [-0.25, -0.2) is 0 Å². The normalized spacial score (nSPS) is 31.4. The summed E-state index contributed by atoms with van der Waals surface area (Å²) >= 11 is 0. The number of hydrogen-bond donors (Lipinski definition) is 3. The van der Waals surface area contributed by atoms with Gasteiger partial charge in [0, 0.05) is 12.0 Å². The van der Waals surface area contributed by atoms with Crippen LogP contribution in [0.3, 0.4) is 0 Å². The van der Waals surface area contributed by atoms with Crippen molar-refractivity contribution < 1.29 is 19.4 Å². The first-order valence-electron chi connectivity index (χ1n) is 8.20. The molecule has 122 valence electrons. The summed E-state index contributed by atoms with van der Waals surface area (Å²) in [7, 11) is 0. The molecule has 0 aromatic heterocycles. The van der Waals surface area contributed by atoms with Gasteiger partial charge in [-0.15, -0.1) is 0 Å². The van der Waals surface area contributed by atoms with E-state index in [0.717, 1.165) is 25.7 Å². The van der Waals surface area contributed by atoms with Gasteiger partial charge in [0.25, 0.3) is 0 Å². The molecule has 0 aromatic carbocycles. The van der Waals surface area contributed by atoms with Gasteiger partial charge in [0.15, 0.2) is 0 Å². The fourth-order valence-electron chi connectivity index (χ4n) is 2.79. The lowest BCUT2D eigenvalue weighted by Gasteiger charge is -2.32. The molecule has 6 heteroatoms. The highest BCUT2D eigenvalue weighted by atomic mass is 16.5. The van der Waals surface area contributed by atoms with Gasteiger partial charge in [-0.1, -0.05) is 12.2 Å². The summed E-state index contributed by atoms with van der Waals surface area (Å²) in [5.41, 5.74) is 0. The molecule has 1 aliphatic heterocycles. The first kappa shape index (κ1) is 15.5. The molecule has 3 atom stereocenters. The molecule has 2 aliphatic carbocycles. The van der Waals surface area contributed by atoms with E-state index in [2.05, 4.69) is 10.6 Å². The molecular formula is C16H24N2O4. The molecule has 0 aromatic rings. The van der Waals surface area contributed by atoms with Crippen molar-refractivity contribution in [3.8, 4) is 0 Å².